The van der Waals surface area contributed by atoms with Crippen molar-refractivity contribution in [1.29, 1.82) is 0 Å². The lowest BCUT2D eigenvalue weighted by Crippen LogP contribution is -2.02. The molecule has 0 saturated carbocycles. The SMILES string of the molecule is CCCCCC(c1ccccc1)c1ccc(CCc2ccc(C(CCCCC)c3ccccc3)cc2)cc1. The van der Waals surface area contributed by atoms with Crippen molar-refractivity contribution in [2.24, 2.45) is 0 Å². The van der Waals surface area contributed by atoms with Gasteiger partial charge in [0.15, 0.2) is 0 Å². The Morgan fingerprint density at radius 2 is 0.737 bits per heavy atom. The fourth-order valence-corrected chi connectivity index (χ4v) is 5.74. The van der Waals surface area contributed by atoms with Gasteiger partial charge in [-0.25, -0.2) is 0 Å². The summed E-state index contributed by atoms with van der Waals surface area (Å²) in [5.74, 6) is 0.999. The van der Waals surface area contributed by atoms with Gasteiger partial charge < -0.3 is 0 Å². The maximum absolute atomic E-state index is 2.38. The first-order valence-corrected chi connectivity index (χ1v) is 15.1. The van der Waals surface area contributed by atoms with Gasteiger partial charge in [0.05, 0.1) is 0 Å². The molecule has 2 unspecified atom stereocenters. The summed E-state index contributed by atoms with van der Waals surface area (Å²) in [4.78, 5) is 0. The summed E-state index contributed by atoms with van der Waals surface area (Å²) in [5.41, 5.74) is 8.66. The minimum atomic E-state index is 0.499. The highest BCUT2D eigenvalue weighted by atomic mass is 14.2. The van der Waals surface area contributed by atoms with Gasteiger partial charge in [-0.05, 0) is 59.1 Å². The van der Waals surface area contributed by atoms with Crippen LogP contribution in [0.5, 0.6) is 0 Å². The van der Waals surface area contributed by atoms with E-state index in [1.54, 1.807) is 0 Å². The summed E-state index contributed by atoms with van der Waals surface area (Å²) in [6.45, 7) is 4.57. The molecule has 0 bridgehead atoms. The summed E-state index contributed by atoms with van der Waals surface area (Å²) < 4.78 is 0. The van der Waals surface area contributed by atoms with Gasteiger partial charge in [-0.15, -0.1) is 0 Å². The van der Waals surface area contributed by atoms with E-state index in [9.17, 15) is 0 Å². The van der Waals surface area contributed by atoms with Gasteiger partial charge in [-0.3, -0.25) is 0 Å². The van der Waals surface area contributed by atoms with Crippen molar-refractivity contribution in [3.8, 4) is 0 Å². The second kappa shape index (κ2) is 15.3. The molecule has 0 fully saturated rings. The van der Waals surface area contributed by atoms with Crippen molar-refractivity contribution in [3.63, 3.8) is 0 Å². The smallest absolute Gasteiger partial charge is 0.00893 e. The van der Waals surface area contributed by atoms with Crippen molar-refractivity contribution in [3.05, 3.63) is 143 Å². The molecule has 4 aromatic rings. The maximum atomic E-state index is 2.38. The highest BCUT2D eigenvalue weighted by Gasteiger charge is 2.15. The van der Waals surface area contributed by atoms with Crippen LogP contribution in [-0.2, 0) is 12.8 Å². The second-order valence-electron chi connectivity index (χ2n) is 10.9. The monoisotopic (exact) mass is 502 g/mol. The van der Waals surface area contributed by atoms with E-state index >= 15 is 0 Å². The van der Waals surface area contributed by atoms with Gasteiger partial charge in [0, 0.05) is 11.8 Å². The molecular weight excluding hydrogens is 456 g/mol. The lowest BCUT2D eigenvalue weighted by molar-refractivity contribution is 0.618. The van der Waals surface area contributed by atoms with Crippen LogP contribution < -0.4 is 0 Å². The van der Waals surface area contributed by atoms with E-state index in [0.717, 1.165) is 12.8 Å². The lowest BCUT2D eigenvalue weighted by atomic mass is 9.86. The van der Waals surface area contributed by atoms with Gasteiger partial charge in [-0.2, -0.15) is 0 Å². The van der Waals surface area contributed by atoms with Crippen molar-refractivity contribution in [2.75, 3.05) is 0 Å². The first-order valence-electron chi connectivity index (χ1n) is 15.1. The van der Waals surface area contributed by atoms with Crippen LogP contribution in [-0.4, -0.2) is 0 Å². The van der Waals surface area contributed by atoms with Crippen LogP contribution in [0.3, 0.4) is 0 Å². The summed E-state index contributed by atoms with van der Waals surface area (Å²) in [6.07, 6.45) is 12.4. The average Bonchev–Trinajstić information content (AvgIpc) is 2.98. The Morgan fingerprint density at radius 1 is 0.395 bits per heavy atom. The van der Waals surface area contributed by atoms with E-state index in [2.05, 4.69) is 123 Å². The third kappa shape index (κ3) is 8.19. The van der Waals surface area contributed by atoms with E-state index in [0.29, 0.717) is 11.8 Å². The molecule has 0 radical (unpaired) electrons. The van der Waals surface area contributed by atoms with Gasteiger partial charge in [-0.1, -0.05) is 162 Å². The highest BCUT2D eigenvalue weighted by Crippen LogP contribution is 2.32. The predicted molar refractivity (Wildman–Crippen MR) is 165 cm³/mol. The summed E-state index contributed by atoms with van der Waals surface area (Å²) in [7, 11) is 0. The minimum Gasteiger partial charge on any atom is -0.0654 e. The molecule has 0 N–H and O–H groups in total. The molecule has 2 atom stereocenters. The van der Waals surface area contributed by atoms with Crippen LogP contribution in [0.25, 0.3) is 0 Å². The highest BCUT2D eigenvalue weighted by molar-refractivity contribution is 5.36. The molecule has 38 heavy (non-hydrogen) atoms. The normalized spacial score (nSPS) is 12.8. The van der Waals surface area contributed by atoms with E-state index in [-0.39, 0.29) is 0 Å². The summed E-state index contributed by atoms with van der Waals surface area (Å²) in [5, 5.41) is 0. The number of benzene rings is 4. The Labute approximate surface area is 232 Å². The molecule has 0 aliphatic rings. The Bertz CT molecular complexity index is 1060. The van der Waals surface area contributed by atoms with Crippen LogP contribution in [0.15, 0.2) is 109 Å². The van der Waals surface area contributed by atoms with E-state index < -0.39 is 0 Å². The van der Waals surface area contributed by atoms with Gasteiger partial charge >= 0.3 is 0 Å². The van der Waals surface area contributed by atoms with Crippen LogP contribution in [0.4, 0.5) is 0 Å². The number of aryl methyl sites for hydroxylation is 2. The predicted octanol–water partition coefficient (Wildman–Crippen LogP) is 10.9. The zero-order valence-electron chi connectivity index (χ0n) is 23.6. The van der Waals surface area contributed by atoms with Gasteiger partial charge in [0.2, 0.25) is 0 Å². The van der Waals surface area contributed by atoms with Crippen molar-refractivity contribution < 1.29 is 0 Å². The van der Waals surface area contributed by atoms with Crippen LogP contribution in [0.1, 0.15) is 110 Å². The Balaban J connectivity index is 1.38. The fraction of sp³-hybridized carbons (Fsp3) is 0.368. The molecule has 0 aliphatic carbocycles. The number of hydrogen-bond acceptors (Lipinski definition) is 0. The van der Waals surface area contributed by atoms with Gasteiger partial charge in [0.25, 0.3) is 0 Å². The molecule has 4 aromatic carbocycles. The summed E-state index contributed by atoms with van der Waals surface area (Å²) in [6, 6.07) is 41.1. The molecule has 4 rings (SSSR count). The van der Waals surface area contributed by atoms with E-state index in [1.807, 2.05) is 0 Å². The quantitative estimate of drug-likeness (QED) is 0.142. The molecule has 198 valence electrons. The number of hydrogen-bond donors (Lipinski definition) is 0. The molecule has 0 nitrogen and oxygen atoms in total. The van der Waals surface area contributed by atoms with Crippen molar-refractivity contribution in [2.45, 2.75) is 89.9 Å². The zero-order chi connectivity index (χ0) is 26.4. The Morgan fingerprint density at radius 3 is 1.08 bits per heavy atom. The Kier molecular flexibility index (Phi) is 11.3. The zero-order valence-corrected chi connectivity index (χ0v) is 23.6. The number of unbranched alkanes of at least 4 members (excludes halogenated alkanes) is 4. The first-order chi connectivity index (χ1) is 18.8. The molecule has 0 aromatic heterocycles. The fourth-order valence-electron chi connectivity index (χ4n) is 5.74. The molecule has 0 heteroatoms. The van der Waals surface area contributed by atoms with Crippen molar-refractivity contribution >= 4 is 0 Å². The molecule has 0 heterocycles. The molecular formula is C38H46. The van der Waals surface area contributed by atoms with Gasteiger partial charge in [0.1, 0.15) is 0 Å². The third-order valence-electron chi connectivity index (χ3n) is 8.06. The Hall–Kier alpha value is -3.12. The minimum absolute atomic E-state index is 0.499. The topological polar surface area (TPSA) is 0 Å². The molecule has 0 spiro atoms. The lowest BCUT2D eigenvalue weighted by Gasteiger charge is -2.19. The van der Waals surface area contributed by atoms with E-state index in [1.165, 1.54) is 84.7 Å². The molecule has 0 saturated heterocycles. The standard InChI is InChI=1S/C38H46/c1-3-5-9-19-37(33-15-11-7-12-16-33)35-27-23-31(24-28-35)21-22-32-25-29-36(30-26-32)38(20-10-6-4-2)34-17-13-8-14-18-34/h7-8,11-18,23-30,37-38H,3-6,9-10,19-22H2,1-2H3. The molecule has 0 aliphatic heterocycles. The largest absolute Gasteiger partial charge is 0.0654 e. The van der Waals surface area contributed by atoms with Crippen LogP contribution in [0, 0.1) is 0 Å². The number of rotatable bonds is 15. The third-order valence-corrected chi connectivity index (χ3v) is 8.06. The van der Waals surface area contributed by atoms with Crippen molar-refractivity contribution in [1.82, 2.24) is 0 Å². The first kappa shape index (κ1) is 27.9. The van der Waals surface area contributed by atoms with E-state index in [4.69, 9.17) is 0 Å². The average molecular weight is 503 g/mol. The van der Waals surface area contributed by atoms with Crippen LogP contribution in [0.2, 0.25) is 0 Å². The summed E-state index contributed by atoms with van der Waals surface area (Å²) >= 11 is 0. The van der Waals surface area contributed by atoms with Crippen LogP contribution >= 0.6 is 0 Å². The second-order valence-corrected chi connectivity index (χ2v) is 10.9. The molecule has 0 amide bonds. The maximum Gasteiger partial charge on any atom is 0.00893 e.